The molecule has 0 aromatic heterocycles. The third kappa shape index (κ3) is 2.16. The summed E-state index contributed by atoms with van der Waals surface area (Å²) in [6, 6.07) is 21.5. The molecule has 0 spiro atoms. The Hall–Kier alpha value is -4.06. The summed E-state index contributed by atoms with van der Waals surface area (Å²) in [6.07, 6.45) is 0.848. The predicted octanol–water partition coefficient (Wildman–Crippen LogP) is 3.40. The van der Waals surface area contributed by atoms with E-state index < -0.39 is 34.5 Å². The molecular weight excluding hydrogens is 430 g/mol. The van der Waals surface area contributed by atoms with Crippen LogP contribution in [0.5, 0.6) is 0 Å². The minimum atomic E-state index is -1.27. The summed E-state index contributed by atoms with van der Waals surface area (Å²) >= 11 is 0. The lowest BCUT2D eigenvalue weighted by Crippen LogP contribution is -2.61. The van der Waals surface area contributed by atoms with Crippen molar-refractivity contribution in [1.29, 1.82) is 0 Å². The molecule has 1 fully saturated rings. The number of esters is 1. The van der Waals surface area contributed by atoms with Gasteiger partial charge in [0.25, 0.3) is 0 Å². The Kier molecular flexibility index (Phi) is 4.07. The van der Waals surface area contributed by atoms with Gasteiger partial charge in [-0.15, -0.1) is 0 Å². The van der Waals surface area contributed by atoms with Gasteiger partial charge in [-0.1, -0.05) is 61.5 Å². The van der Waals surface area contributed by atoms with Crippen LogP contribution in [0.4, 0.5) is 5.69 Å². The number of hydrogen-bond donors (Lipinski definition) is 0. The molecule has 7 rings (SSSR count). The second kappa shape index (κ2) is 6.73. The number of benzene rings is 3. The molecule has 3 aromatic carbocycles. The summed E-state index contributed by atoms with van der Waals surface area (Å²) in [5, 5.41) is 0. The van der Waals surface area contributed by atoms with E-state index in [1.807, 2.05) is 55.5 Å². The van der Waals surface area contributed by atoms with Gasteiger partial charge >= 0.3 is 5.97 Å². The van der Waals surface area contributed by atoms with Crippen molar-refractivity contribution in [1.82, 2.24) is 0 Å². The normalized spacial score (nSPS) is 28.2. The lowest BCUT2D eigenvalue weighted by Gasteiger charge is -2.56. The minimum Gasteiger partial charge on any atom is -0.465 e. The fraction of sp³-hybridized carbons (Fsp3) is 0.214. The monoisotopic (exact) mass is 451 g/mol. The van der Waals surface area contributed by atoms with Gasteiger partial charge < -0.3 is 9.53 Å². The molecule has 3 aliphatic carbocycles. The van der Waals surface area contributed by atoms with Gasteiger partial charge in [-0.05, 0) is 40.5 Å². The highest BCUT2D eigenvalue weighted by atomic mass is 16.5. The van der Waals surface area contributed by atoms with Crippen LogP contribution in [-0.4, -0.2) is 31.2 Å². The van der Waals surface area contributed by atoms with Crippen LogP contribution in [0.3, 0.4) is 0 Å². The van der Waals surface area contributed by atoms with E-state index in [2.05, 4.69) is 0 Å². The lowest BCUT2D eigenvalue weighted by molar-refractivity contribution is -0.129. The van der Waals surface area contributed by atoms with Crippen molar-refractivity contribution in [3.8, 4) is 0 Å². The highest BCUT2D eigenvalue weighted by molar-refractivity contribution is 6.25. The molecule has 2 atom stereocenters. The van der Waals surface area contributed by atoms with Crippen LogP contribution < -0.4 is 4.90 Å². The van der Waals surface area contributed by atoms with Crippen molar-refractivity contribution in [2.24, 2.45) is 11.8 Å². The summed E-state index contributed by atoms with van der Waals surface area (Å²) in [6.45, 7) is 2.00. The molecule has 1 saturated heterocycles. The van der Waals surface area contributed by atoms with E-state index in [-0.39, 0.29) is 11.5 Å². The van der Waals surface area contributed by atoms with Gasteiger partial charge in [-0.3, -0.25) is 9.59 Å². The van der Waals surface area contributed by atoms with E-state index in [0.717, 1.165) is 33.4 Å². The first-order chi connectivity index (χ1) is 16.4. The molecule has 0 radical (unpaired) electrons. The second-order valence-electron chi connectivity index (χ2n) is 9.29. The predicted molar refractivity (Wildman–Crippen MR) is 123 cm³/mol. The molecule has 34 heavy (non-hydrogen) atoms. The number of carbonyl (C=O) groups excluding carboxylic acids is 4. The van der Waals surface area contributed by atoms with Crippen LogP contribution in [0, 0.1) is 11.8 Å². The van der Waals surface area contributed by atoms with Gasteiger partial charge in [-0.25, -0.2) is 9.69 Å². The number of nitrogens with zero attached hydrogens (tertiary/aromatic N) is 1. The number of aldehydes is 1. The van der Waals surface area contributed by atoms with Crippen LogP contribution in [0.1, 0.15) is 39.5 Å². The first-order valence-corrected chi connectivity index (χ1v) is 11.1. The van der Waals surface area contributed by atoms with Crippen molar-refractivity contribution >= 4 is 29.8 Å². The Morgan fingerprint density at radius 3 is 1.97 bits per heavy atom. The Balaban J connectivity index is 1.62. The van der Waals surface area contributed by atoms with Crippen molar-refractivity contribution in [2.75, 3.05) is 12.0 Å². The van der Waals surface area contributed by atoms with E-state index in [0.29, 0.717) is 5.69 Å². The van der Waals surface area contributed by atoms with Crippen molar-refractivity contribution in [3.63, 3.8) is 0 Å². The number of amides is 2. The Labute approximate surface area is 196 Å². The molecule has 0 N–H and O–H groups in total. The molecule has 1 heterocycles. The number of carbonyl (C=O) groups is 4. The molecule has 2 amide bonds. The minimum absolute atomic E-state index is 0.237. The first-order valence-electron chi connectivity index (χ1n) is 11.1. The van der Waals surface area contributed by atoms with Crippen LogP contribution in [0.2, 0.25) is 0 Å². The molecule has 6 heteroatoms. The van der Waals surface area contributed by atoms with Gasteiger partial charge in [0.1, 0.15) is 6.29 Å². The highest BCUT2D eigenvalue weighted by Gasteiger charge is 2.72. The van der Waals surface area contributed by atoms with Crippen LogP contribution in [0.15, 0.2) is 72.8 Å². The number of ether oxygens (including phenoxy) is 1. The Morgan fingerprint density at radius 1 is 0.853 bits per heavy atom. The number of anilines is 1. The fourth-order valence-corrected chi connectivity index (χ4v) is 6.61. The number of hydrogen-bond acceptors (Lipinski definition) is 5. The number of imide groups is 1. The van der Waals surface area contributed by atoms with E-state index in [1.165, 1.54) is 13.2 Å². The quantitative estimate of drug-likeness (QED) is 0.346. The molecule has 0 saturated carbocycles. The molecular formula is C28H21NO5. The van der Waals surface area contributed by atoms with Gasteiger partial charge in [0.15, 0.2) is 0 Å². The SMILES string of the molecule is COC(=O)c1cccc(N2C(=O)[C@@H]3[C@H](C2=O)C2(C=O)c4ccccc4C3(C)c3ccccc32)c1. The van der Waals surface area contributed by atoms with Crippen molar-refractivity contribution in [3.05, 3.63) is 101 Å². The van der Waals surface area contributed by atoms with E-state index in [9.17, 15) is 19.2 Å². The molecule has 2 bridgehead atoms. The largest absolute Gasteiger partial charge is 0.465 e. The summed E-state index contributed by atoms with van der Waals surface area (Å²) < 4.78 is 4.81. The molecule has 168 valence electrons. The van der Waals surface area contributed by atoms with Gasteiger partial charge in [0.05, 0.1) is 35.6 Å². The lowest BCUT2D eigenvalue weighted by atomic mass is 9.42. The van der Waals surface area contributed by atoms with E-state index >= 15 is 0 Å². The standard InChI is InChI=1S/C28H21NO5/c1-27-18-10-3-5-12-20(18)28(15-30,21-13-6-4-11-19(21)27)23-22(27)24(31)29(25(23)32)17-9-7-8-16(14-17)26(33)34-2/h3-15,22-23H,1-2H3/t22-,23+,27?,28?/m0/s1. The Morgan fingerprint density at radius 2 is 1.41 bits per heavy atom. The maximum Gasteiger partial charge on any atom is 0.337 e. The maximum absolute atomic E-state index is 14.0. The van der Waals surface area contributed by atoms with Crippen LogP contribution >= 0.6 is 0 Å². The van der Waals surface area contributed by atoms with Crippen LogP contribution in [0.25, 0.3) is 0 Å². The third-order valence-corrected chi connectivity index (χ3v) is 7.99. The summed E-state index contributed by atoms with van der Waals surface area (Å²) in [7, 11) is 1.27. The average Bonchev–Trinajstić information content (AvgIpc) is 3.16. The van der Waals surface area contributed by atoms with Crippen LogP contribution in [-0.2, 0) is 30.0 Å². The molecule has 0 unspecified atom stereocenters. The van der Waals surface area contributed by atoms with Gasteiger partial charge in [0, 0.05) is 5.41 Å². The fourth-order valence-electron chi connectivity index (χ4n) is 6.61. The van der Waals surface area contributed by atoms with E-state index in [4.69, 9.17) is 4.74 Å². The van der Waals surface area contributed by atoms with E-state index in [1.54, 1.807) is 18.2 Å². The molecule has 6 nitrogen and oxygen atoms in total. The number of rotatable bonds is 3. The van der Waals surface area contributed by atoms with Gasteiger partial charge in [0.2, 0.25) is 11.8 Å². The molecule has 3 aromatic rings. The average molecular weight is 451 g/mol. The first kappa shape index (κ1) is 20.5. The van der Waals surface area contributed by atoms with Gasteiger partial charge in [-0.2, -0.15) is 0 Å². The molecule has 4 aliphatic rings. The Bertz CT molecular complexity index is 1380. The smallest absolute Gasteiger partial charge is 0.337 e. The zero-order valence-corrected chi connectivity index (χ0v) is 18.6. The summed E-state index contributed by atoms with van der Waals surface area (Å²) in [5.41, 5.74) is 1.83. The van der Waals surface area contributed by atoms with Crippen molar-refractivity contribution < 1.29 is 23.9 Å². The second-order valence-corrected chi connectivity index (χ2v) is 9.29. The highest BCUT2D eigenvalue weighted by Crippen LogP contribution is 2.66. The van der Waals surface area contributed by atoms with Crippen molar-refractivity contribution in [2.45, 2.75) is 17.8 Å². The zero-order chi connectivity index (χ0) is 23.8. The summed E-state index contributed by atoms with van der Waals surface area (Å²) in [5.74, 6) is -2.99. The summed E-state index contributed by atoms with van der Waals surface area (Å²) in [4.78, 5) is 54.4. The zero-order valence-electron chi connectivity index (χ0n) is 18.6. The maximum atomic E-state index is 14.0. The topological polar surface area (TPSA) is 80.8 Å². The third-order valence-electron chi connectivity index (χ3n) is 7.99. The number of methoxy groups -OCH3 is 1. The molecule has 1 aliphatic heterocycles.